The SMILES string of the molecule is O=C(Nc1ccc(N2CCCC2)cc1)C1CC2CCC1N2. The third-order valence-electron chi connectivity index (χ3n) is 5.24. The molecule has 0 radical (unpaired) electrons. The molecule has 0 saturated carbocycles. The minimum atomic E-state index is 0.155. The molecule has 0 spiro atoms. The van der Waals surface area contributed by atoms with Crippen molar-refractivity contribution in [2.45, 2.75) is 44.2 Å². The quantitative estimate of drug-likeness (QED) is 0.896. The molecule has 3 aliphatic rings. The Balaban J connectivity index is 1.39. The van der Waals surface area contributed by atoms with Crippen LogP contribution < -0.4 is 15.5 Å². The second-order valence-electron chi connectivity index (χ2n) is 6.62. The van der Waals surface area contributed by atoms with E-state index in [1.807, 2.05) is 12.1 Å². The lowest BCUT2D eigenvalue weighted by molar-refractivity contribution is -0.120. The molecule has 3 atom stereocenters. The maximum atomic E-state index is 12.4. The van der Waals surface area contributed by atoms with Crippen molar-refractivity contribution in [2.75, 3.05) is 23.3 Å². The summed E-state index contributed by atoms with van der Waals surface area (Å²) in [6, 6.07) is 9.29. The van der Waals surface area contributed by atoms with E-state index in [1.54, 1.807) is 0 Å². The van der Waals surface area contributed by atoms with Gasteiger partial charge in [-0.1, -0.05) is 0 Å². The molecule has 4 heteroatoms. The standard InChI is InChI=1S/C17H23N3O/c21-17(15-11-13-5-8-16(15)18-13)19-12-3-6-14(7-4-12)20-9-1-2-10-20/h3-4,6-7,13,15-16,18H,1-2,5,8-11H2,(H,19,21). The summed E-state index contributed by atoms with van der Waals surface area (Å²) < 4.78 is 0. The Kier molecular flexibility index (Phi) is 3.34. The second-order valence-corrected chi connectivity index (χ2v) is 6.62. The summed E-state index contributed by atoms with van der Waals surface area (Å²) >= 11 is 0. The van der Waals surface area contributed by atoms with Crippen molar-refractivity contribution in [3.05, 3.63) is 24.3 Å². The topological polar surface area (TPSA) is 44.4 Å². The van der Waals surface area contributed by atoms with Crippen molar-refractivity contribution >= 4 is 17.3 Å². The van der Waals surface area contributed by atoms with E-state index in [2.05, 4.69) is 27.7 Å². The van der Waals surface area contributed by atoms with Gasteiger partial charge in [-0.15, -0.1) is 0 Å². The van der Waals surface area contributed by atoms with Gasteiger partial charge in [-0.3, -0.25) is 4.79 Å². The Bertz CT molecular complexity index is 521. The fraction of sp³-hybridized carbons (Fsp3) is 0.588. The molecule has 4 rings (SSSR count). The van der Waals surface area contributed by atoms with Crippen molar-refractivity contribution in [3.8, 4) is 0 Å². The molecule has 3 aliphatic heterocycles. The minimum Gasteiger partial charge on any atom is -0.372 e. The van der Waals surface area contributed by atoms with Crippen LogP contribution in [0.15, 0.2) is 24.3 Å². The zero-order chi connectivity index (χ0) is 14.2. The van der Waals surface area contributed by atoms with E-state index in [-0.39, 0.29) is 11.8 Å². The van der Waals surface area contributed by atoms with Crippen LogP contribution in [0.25, 0.3) is 0 Å². The monoisotopic (exact) mass is 285 g/mol. The Morgan fingerprint density at radius 3 is 2.52 bits per heavy atom. The average molecular weight is 285 g/mol. The number of anilines is 2. The maximum Gasteiger partial charge on any atom is 0.229 e. The number of nitrogens with one attached hydrogen (secondary N) is 2. The highest BCUT2D eigenvalue weighted by Crippen LogP contribution is 2.34. The van der Waals surface area contributed by atoms with Gasteiger partial charge in [-0.25, -0.2) is 0 Å². The number of amides is 1. The largest absolute Gasteiger partial charge is 0.372 e. The van der Waals surface area contributed by atoms with Gasteiger partial charge in [-0.2, -0.15) is 0 Å². The molecule has 1 aromatic rings. The van der Waals surface area contributed by atoms with Crippen molar-refractivity contribution < 1.29 is 4.79 Å². The van der Waals surface area contributed by atoms with Crippen molar-refractivity contribution in [1.29, 1.82) is 0 Å². The summed E-state index contributed by atoms with van der Waals surface area (Å²) in [5.41, 5.74) is 2.19. The smallest absolute Gasteiger partial charge is 0.229 e. The van der Waals surface area contributed by atoms with Crippen LogP contribution in [-0.4, -0.2) is 31.1 Å². The van der Waals surface area contributed by atoms with Gasteiger partial charge in [0.2, 0.25) is 5.91 Å². The molecule has 112 valence electrons. The molecule has 0 aliphatic carbocycles. The molecule has 1 aromatic carbocycles. The highest BCUT2D eigenvalue weighted by Gasteiger charge is 2.42. The third-order valence-corrected chi connectivity index (χ3v) is 5.24. The molecule has 2 bridgehead atoms. The van der Waals surface area contributed by atoms with Gasteiger partial charge in [0.05, 0.1) is 5.92 Å². The Morgan fingerprint density at radius 1 is 1.14 bits per heavy atom. The molecule has 3 saturated heterocycles. The number of benzene rings is 1. The van der Waals surface area contributed by atoms with E-state index >= 15 is 0 Å². The highest BCUT2D eigenvalue weighted by molar-refractivity contribution is 5.93. The van der Waals surface area contributed by atoms with Crippen LogP contribution in [-0.2, 0) is 4.79 Å². The van der Waals surface area contributed by atoms with E-state index in [4.69, 9.17) is 0 Å². The molecule has 3 fully saturated rings. The molecule has 3 unspecified atom stereocenters. The Hall–Kier alpha value is -1.55. The van der Waals surface area contributed by atoms with Crippen LogP contribution >= 0.6 is 0 Å². The fourth-order valence-electron chi connectivity index (χ4n) is 4.08. The highest BCUT2D eigenvalue weighted by atomic mass is 16.2. The van der Waals surface area contributed by atoms with Crippen LogP contribution in [0.4, 0.5) is 11.4 Å². The number of carbonyl (C=O) groups is 1. The molecule has 3 heterocycles. The van der Waals surface area contributed by atoms with Gasteiger partial charge in [0.1, 0.15) is 0 Å². The molecular formula is C17H23N3O. The number of fused-ring (bicyclic) bond motifs is 2. The molecule has 21 heavy (non-hydrogen) atoms. The molecule has 1 amide bonds. The van der Waals surface area contributed by atoms with E-state index in [1.165, 1.54) is 24.9 Å². The molecule has 4 nitrogen and oxygen atoms in total. The third kappa shape index (κ3) is 2.53. The number of hydrogen-bond donors (Lipinski definition) is 2. The van der Waals surface area contributed by atoms with Gasteiger partial charge in [0.15, 0.2) is 0 Å². The number of hydrogen-bond acceptors (Lipinski definition) is 3. The normalized spacial score (nSPS) is 30.9. The zero-order valence-corrected chi connectivity index (χ0v) is 12.3. The predicted molar refractivity (Wildman–Crippen MR) is 84.6 cm³/mol. The predicted octanol–water partition coefficient (Wildman–Crippen LogP) is 2.37. The van der Waals surface area contributed by atoms with Crippen molar-refractivity contribution in [3.63, 3.8) is 0 Å². The average Bonchev–Trinajstić information content (AvgIpc) is 3.25. The first kappa shape index (κ1) is 13.1. The molecule has 0 aromatic heterocycles. The summed E-state index contributed by atoms with van der Waals surface area (Å²) in [5.74, 6) is 0.339. The number of carbonyl (C=O) groups excluding carboxylic acids is 1. The Morgan fingerprint density at radius 2 is 1.90 bits per heavy atom. The zero-order valence-electron chi connectivity index (χ0n) is 12.3. The second kappa shape index (κ2) is 5.34. The first-order valence-electron chi connectivity index (χ1n) is 8.21. The summed E-state index contributed by atoms with van der Waals surface area (Å²) in [6.45, 7) is 2.31. The van der Waals surface area contributed by atoms with Gasteiger partial charge >= 0.3 is 0 Å². The van der Waals surface area contributed by atoms with Crippen LogP contribution in [0.3, 0.4) is 0 Å². The van der Waals surface area contributed by atoms with E-state index < -0.39 is 0 Å². The summed E-state index contributed by atoms with van der Waals surface area (Å²) in [4.78, 5) is 14.8. The lowest BCUT2D eigenvalue weighted by Crippen LogP contribution is -2.32. The first-order chi connectivity index (χ1) is 10.3. The van der Waals surface area contributed by atoms with Gasteiger partial charge in [0.25, 0.3) is 0 Å². The lowest BCUT2D eigenvalue weighted by atomic mass is 9.88. The first-order valence-corrected chi connectivity index (χ1v) is 8.21. The lowest BCUT2D eigenvalue weighted by Gasteiger charge is -2.20. The maximum absolute atomic E-state index is 12.4. The van der Waals surface area contributed by atoms with E-state index in [0.717, 1.165) is 31.6 Å². The van der Waals surface area contributed by atoms with Gasteiger partial charge < -0.3 is 15.5 Å². The van der Waals surface area contributed by atoms with Crippen LogP contribution in [0.1, 0.15) is 32.1 Å². The van der Waals surface area contributed by atoms with Crippen LogP contribution in [0, 0.1) is 5.92 Å². The summed E-state index contributed by atoms with van der Waals surface area (Å²) in [6.07, 6.45) is 5.96. The van der Waals surface area contributed by atoms with E-state index in [9.17, 15) is 4.79 Å². The molecular weight excluding hydrogens is 262 g/mol. The van der Waals surface area contributed by atoms with Crippen molar-refractivity contribution in [1.82, 2.24) is 5.32 Å². The van der Waals surface area contributed by atoms with Gasteiger partial charge in [-0.05, 0) is 56.4 Å². The number of rotatable bonds is 3. The fourth-order valence-corrected chi connectivity index (χ4v) is 4.08. The minimum absolute atomic E-state index is 0.155. The summed E-state index contributed by atoms with van der Waals surface area (Å²) in [5, 5.41) is 6.61. The van der Waals surface area contributed by atoms with Crippen molar-refractivity contribution in [2.24, 2.45) is 5.92 Å². The summed E-state index contributed by atoms with van der Waals surface area (Å²) in [7, 11) is 0. The van der Waals surface area contributed by atoms with Crippen LogP contribution in [0.5, 0.6) is 0 Å². The van der Waals surface area contributed by atoms with Crippen LogP contribution in [0.2, 0.25) is 0 Å². The number of nitrogens with zero attached hydrogens (tertiary/aromatic N) is 1. The van der Waals surface area contributed by atoms with Gasteiger partial charge in [0, 0.05) is 36.5 Å². The van der Waals surface area contributed by atoms with E-state index in [0.29, 0.717) is 12.1 Å². The molecule has 2 N–H and O–H groups in total. The Labute approximate surface area is 125 Å².